The number of nitrogens with zero attached hydrogens (tertiary/aromatic N) is 2. The van der Waals surface area contributed by atoms with Crippen LogP contribution in [0, 0.1) is 10.1 Å². The molecule has 2 aromatic carbocycles. The lowest BCUT2D eigenvalue weighted by Gasteiger charge is -2.37. The third kappa shape index (κ3) is 3.52. The number of esters is 1. The van der Waals surface area contributed by atoms with Crippen molar-refractivity contribution in [2.24, 2.45) is 0 Å². The van der Waals surface area contributed by atoms with Gasteiger partial charge in [0.05, 0.1) is 23.6 Å². The molecule has 0 aliphatic carbocycles. The highest BCUT2D eigenvalue weighted by Crippen LogP contribution is 2.34. The number of methoxy groups -OCH3 is 1. The molecule has 0 aromatic heterocycles. The molecule has 0 bridgehead atoms. The van der Waals surface area contributed by atoms with Crippen molar-refractivity contribution < 1.29 is 14.5 Å². The Morgan fingerprint density at radius 2 is 1.81 bits per heavy atom. The van der Waals surface area contributed by atoms with E-state index in [0.29, 0.717) is 21.9 Å². The fraction of sp³-hybridized carbons (Fsp3) is 0.158. The predicted octanol–water partition coefficient (Wildman–Crippen LogP) is 3.48. The van der Waals surface area contributed by atoms with E-state index in [1.165, 1.54) is 19.2 Å². The third-order valence-electron chi connectivity index (χ3n) is 4.34. The average Bonchev–Trinajstić information content (AvgIpc) is 2.68. The molecule has 0 saturated heterocycles. The molecule has 0 spiro atoms. The second-order valence-electron chi connectivity index (χ2n) is 5.89. The Labute approximate surface area is 161 Å². The first-order valence-electron chi connectivity index (χ1n) is 8.13. The van der Waals surface area contributed by atoms with Crippen LogP contribution in [0.4, 0.5) is 11.4 Å². The summed E-state index contributed by atoms with van der Waals surface area (Å²) in [7, 11) is 1.31. The smallest absolute Gasteiger partial charge is 0.337 e. The monoisotopic (exact) mass is 383 g/mol. The Balaban J connectivity index is 2.09. The first kappa shape index (κ1) is 18.5. The Morgan fingerprint density at radius 1 is 1.19 bits per heavy atom. The van der Waals surface area contributed by atoms with Crippen LogP contribution in [-0.2, 0) is 9.53 Å². The highest BCUT2D eigenvalue weighted by Gasteiger charge is 2.35. The molecule has 0 saturated carbocycles. The second-order valence-corrected chi connectivity index (χ2v) is 6.28. The van der Waals surface area contributed by atoms with E-state index in [1.54, 1.807) is 24.0 Å². The number of nitrogens with one attached hydrogen (secondary N) is 1. The molecular weight excluding hydrogens is 366 g/mol. The van der Waals surface area contributed by atoms with Crippen molar-refractivity contribution in [3.63, 3.8) is 0 Å². The van der Waals surface area contributed by atoms with Gasteiger partial charge in [-0.25, -0.2) is 4.79 Å². The number of allylic oxidation sites excluding steroid dienone is 1. The van der Waals surface area contributed by atoms with Gasteiger partial charge in [0.2, 0.25) is 0 Å². The zero-order valence-electron chi connectivity index (χ0n) is 14.7. The van der Waals surface area contributed by atoms with Crippen molar-refractivity contribution in [3.05, 3.63) is 81.5 Å². The van der Waals surface area contributed by atoms with E-state index in [0.717, 1.165) is 5.69 Å². The standard InChI is InChI=1S/C19H17N3O4S/c1-12-16(18(23)26-2)17(13-8-10-15(11-9-13)22(24)25)20-19(27)21(12)14-6-4-3-5-7-14/h3-11,17H,1-2H3,(H,20,27)/t17-/m1/s1. The van der Waals surface area contributed by atoms with E-state index in [4.69, 9.17) is 17.0 Å². The number of thiocarbonyl (C=S) groups is 1. The summed E-state index contributed by atoms with van der Waals surface area (Å²) in [5.74, 6) is -0.494. The number of anilines is 1. The van der Waals surface area contributed by atoms with Crippen molar-refractivity contribution in [1.82, 2.24) is 5.32 Å². The molecule has 0 unspecified atom stereocenters. The summed E-state index contributed by atoms with van der Waals surface area (Å²) < 4.78 is 4.98. The summed E-state index contributed by atoms with van der Waals surface area (Å²) in [4.78, 5) is 24.7. The molecule has 7 nitrogen and oxygen atoms in total. The molecule has 2 aromatic rings. The molecule has 3 rings (SSSR count). The van der Waals surface area contributed by atoms with Crippen LogP contribution in [0.1, 0.15) is 18.5 Å². The number of nitro benzene ring substituents is 1. The average molecular weight is 383 g/mol. The number of hydrogen-bond acceptors (Lipinski definition) is 5. The molecule has 1 N–H and O–H groups in total. The van der Waals surface area contributed by atoms with E-state index in [1.807, 2.05) is 30.3 Å². The van der Waals surface area contributed by atoms with Gasteiger partial charge < -0.3 is 10.1 Å². The van der Waals surface area contributed by atoms with Gasteiger partial charge in [-0.3, -0.25) is 15.0 Å². The molecule has 1 aliphatic heterocycles. The molecule has 27 heavy (non-hydrogen) atoms. The molecular formula is C19H17N3O4S. The Bertz CT molecular complexity index is 926. The summed E-state index contributed by atoms with van der Waals surface area (Å²) >= 11 is 5.53. The summed E-state index contributed by atoms with van der Waals surface area (Å²) in [5, 5.41) is 14.5. The van der Waals surface area contributed by atoms with Crippen LogP contribution in [0.15, 0.2) is 65.9 Å². The van der Waals surface area contributed by atoms with Crippen LogP contribution >= 0.6 is 12.2 Å². The largest absolute Gasteiger partial charge is 0.466 e. The van der Waals surface area contributed by atoms with Crippen LogP contribution < -0.4 is 10.2 Å². The number of hydrogen-bond donors (Lipinski definition) is 1. The Kier molecular flexibility index (Phi) is 5.18. The van der Waals surface area contributed by atoms with Crippen molar-refractivity contribution in [3.8, 4) is 0 Å². The first-order chi connectivity index (χ1) is 12.9. The highest BCUT2D eigenvalue weighted by atomic mass is 32.1. The number of ether oxygens (including phenoxy) is 1. The van der Waals surface area contributed by atoms with Crippen LogP contribution in [0.5, 0.6) is 0 Å². The Hall–Kier alpha value is -3.26. The van der Waals surface area contributed by atoms with Crippen molar-refractivity contribution in [2.75, 3.05) is 12.0 Å². The van der Waals surface area contributed by atoms with Gasteiger partial charge in [0.1, 0.15) is 0 Å². The quantitative estimate of drug-likeness (QED) is 0.374. The van der Waals surface area contributed by atoms with Gasteiger partial charge in [-0.05, 0) is 49.0 Å². The van der Waals surface area contributed by atoms with Crippen molar-refractivity contribution >= 4 is 34.7 Å². The van der Waals surface area contributed by atoms with Gasteiger partial charge in [0.25, 0.3) is 5.69 Å². The van der Waals surface area contributed by atoms with E-state index in [9.17, 15) is 14.9 Å². The minimum atomic E-state index is -0.564. The summed E-state index contributed by atoms with van der Waals surface area (Å²) in [6, 6.07) is 14.9. The summed E-state index contributed by atoms with van der Waals surface area (Å²) in [6.45, 7) is 1.80. The van der Waals surface area contributed by atoms with Gasteiger partial charge in [-0.2, -0.15) is 0 Å². The maximum atomic E-state index is 12.5. The van der Waals surface area contributed by atoms with Crippen LogP contribution in [0.2, 0.25) is 0 Å². The van der Waals surface area contributed by atoms with Crippen molar-refractivity contribution in [1.29, 1.82) is 0 Å². The van der Waals surface area contributed by atoms with E-state index in [-0.39, 0.29) is 5.69 Å². The number of carbonyl (C=O) groups is 1. The van der Waals surface area contributed by atoms with Crippen LogP contribution in [0.3, 0.4) is 0 Å². The zero-order chi connectivity index (χ0) is 19.6. The summed E-state index contributed by atoms with van der Waals surface area (Å²) in [5.41, 5.74) is 2.50. The van der Waals surface area contributed by atoms with Gasteiger partial charge in [0, 0.05) is 23.5 Å². The number of carbonyl (C=O) groups excluding carboxylic acids is 1. The minimum absolute atomic E-state index is 0.0247. The number of benzene rings is 2. The van der Waals surface area contributed by atoms with E-state index < -0.39 is 16.9 Å². The molecule has 1 atom stereocenters. The van der Waals surface area contributed by atoms with Crippen LogP contribution in [0.25, 0.3) is 0 Å². The maximum Gasteiger partial charge on any atom is 0.337 e. The van der Waals surface area contributed by atoms with Gasteiger partial charge in [-0.15, -0.1) is 0 Å². The van der Waals surface area contributed by atoms with Crippen LogP contribution in [-0.4, -0.2) is 23.1 Å². The fourth-order valence-electron chi connectivity index (χ4n) is 3.04. The van der Waals surface area contributed by atoms with E-state index >= 15 is 0 Å². The minimum Gasteiger partial charge on any atom is -0.466 e. The number of non-ortho nitro benzene ring substituents is 1. The molecule has 8 heteroatoms. The zero-order valence-corrected chi connectivity index (χ0v) is 15.5. The molecule has 1 heterocycles. The fourth-order valence-corrected chi connectivity index (χ4v) is 3.40. The molecule has 138 valence electrons. The topological polar surface area (TPSA) is 84.7 Å². The van der Waals surface area contributed by atoms with E-state index in [2.05, 4.69) is 5.32 Å². The lowest BCUT2D eigenvalue weighted by atomic mass is 9.94. The molecule has 1 aliphatic rings. The second kappa shape index (κ2) is 7.55. The normalized spacial score (nSPS) is 16.7. The highest BCUT2D eigenvalue weighted by molar-refractivity contribution is 7.80. The van der Waals surface area contributed by atoms with Gasteiger partial charge in [-0.1, -0.05) is 18.2 Å². The number of nitro groups is 1. The lowest BCUT2D eigenvalue weighted by molar-refractivity contribution is -0.384. The third-order valence-corrected chi connectivity index (χ3v) is 4.64. The molecule has 0 fully saturated rings. The number of para-hydroxylation sites is 1. The SMILES string of the molecule is COC(=O)C1=C(C)N(c2ccccc2)C(=S)N[C@@H]1c1ccc([N+](=O)[O-])cc1. The number of rotatable bonds is 4. The predicted molar refractivity (Wildman–Crippen MR) is 105 cm³/mol. The van der Waals surface area contributed by atoms with Gasteiger partial charge in [0.15, 0.2) is 5.11 Å². The molecule has 0 radical (unpaired) electrons. The molecule has 0 amide bonds. The first-order valence-corrected chi connectivity index (χ1v) is 8.54. The summed E-state index contributed by atoms with van der Waals surface area (Å²) in [6.07, 6.45) is 0. The maximum absolute atomic E-state index is 12.5. The lowest BCUT2D eigenvalue weighted by Crippen LogP contribution is -2.48. The Morgan fingerprint density at radius 3 is 2.37 bits per heavy atom. The van der Waals surface area contributed by atoms with Crippen molar-refractivity contribution in [2.45, 2.75) is 13.0 Å². The van der Waals surface area contributed by atoms with Gasteiger partial charge >= 0.3 is 5.97 Å².